The van der Waals surface area contributed by atoms with Crippen molar-refractivity contribution in [1.82, 2.24) is 14.7 Å². The van der Waals surface area contributed by atoms with E-state index in [4.69, 9.17) is 4.74 Å². The minimum atomic E-state index is 0.249. The number of rotatable bonds is 4. The lowest BCUT2D eigenvalue weighted by molar-refractivity contribution is -0.136. The van der Waals surface area contributed by atoms with Gasteiger partial charge >= 0.3 is 0 Å². The molecular formula is C15H22BrN3O2S. The van der Waals surface area contributed by atoms with Crippen LogP contribution in [-0.2, 0) is 16.1 Å². The summed E-state index contributed by atoms with van der Waals surface area (Å²) in [5, 5.41) is 0. The predicted octanol–water partition coefficient (Wildman–Crippen LogP) is 1.49. The third-order valence-electron chi connectivity index (χ3n) is 4.20. The van der Waals surface area contributed by atoms with Crippen LogP contribution < -0.4 is 0 Å². The molecule has 0 bridgehead atoms. The largest absolute Gasteiger partial charge is 0.378 e. The average Bonchev–Trinajstić information content (AvgIpc) is 2.95. The van der Waals surface area contributed by atoms with Gasteiger partial charge in [0.2, 0.25) is 5.91 Å². The number of hydrogen-bond donors (Lipinski definition) is 0. The maximum Gasteiger partial charge on any atom is 0.236 e. The van der Waals surface area contributed by atoms with Crippen LogP contribution in [0.2, 0.25) is 0 Å². The van der Waals surface area contributed by atoms with Crippen LogP contribution in [0.3, 0.4) is 0 Å². The fourth-order valence-corrected chi connectivity index (χ4v) is 4.39. The third-order valence-corrected chi connectivity index (χ3v) is 5.80. The van der Waals surface area contributed by atoms with Gasteiger partial charge in [-0.25, -0.2) is 0 Å². The van der Waals surface area contributed by atoms with Crippen molar-refractivity contribution < 1.29 is 9.53 Å². The lowest BCUT2D eigenvalue weighted by atomic mass is 10.3. The van der Waals surface area contributed by atoms with Gasteiger partial charge in [-0.3, -0.25) is 14.6 Å². The van der Waals surface area contributed by atoms with Gasteiger partial charge in [0, 0.05) is 50.7 Å². The Balaban J connectivity index is 1.40. The summed E-state index contributed by atoms with van der Waals surface area (Å²) < 4.78 is 6.49. The number of piperazine rings is 1. The number of halogens is 1. The van der Waals surface area contributed by atoms with Crippen molar-refractivity contribution in [3.8, 4) is 0 Å². The smallest absolute Gasteiger partial charge is 0.236 e. The number of nitrogens with zero attached hydrogens (tertiary/aromatic N) is 3. The molecule has 0 aliphatic carbocycles. The Kier molecular flexibility index (Phi) is 5.87. The first-order valence-electron chi connectivity index (χ1n) is 7.75. The van der Waals surface area contributed by atoms with Gasteiger partial charge in [-0.15, -0.1) is 11.3 Å². The molecule has 2 saturated heterocycles. The standard InChI is InChI=1S/C15H22BrN3O2S/c16-14-2-1-13(22-14)11-17-3-5-18(6-4-17)12-15(20)19-7-9-21-10-8-19/h1-2H,3-12H2. The summed E-state index contributed by atoms with van der Waals surface area (Å²) in [6, 6.07) is 4.29. The van der Waals surface area contributed by atoms with Gasteiger partial charge in [0.1, 0.15) is 0 Å². The number of thiophene rings is 1. The van der Waals surface area contributed by atoms with Crippen molar-refractivity contribution in [2.75, 3.05) is 59.0 Å². The second kappa shape index (κ2) is 7.88. The first-order valence-corrected chi connectivity index (χ1v) is 9.36. The quantitative estimate of drug-likeness (QED) is 0.783. The first kappa shape index (κ1) is 16.4. The molecule has 0 atom stereocenters. The van der Waals surface area contributed by atoms with Crippen LogP contribution >= 0.6 is 27.3 Å². The summed E-state index contributed by atoms with van der Waals surface area (Å²) >= 11 is 5.31. The average molecular weight is 388 g/mol. The second-order valence-corrected chi connectivity index (χ2v) is 8.30. The summed E-state index contributed by atoms with van der Waals surface area (Å²) in [5.74, 6) is 0.249. The van der Waals surface area contributed by atoms with Gasteiger partial charge in [0.05, 0.1) is 23.5 Å². The van der Waals surface area contributed by atoms with Crippen LogP contribution in [0.1, 0.15) is 4.88 Å². The maximum atomic E-state index is 12.3. The van der Waals surface area contributed by atoms with Crippen LogP contribution in [0, 0.1) is 0 Å². The van der Waals surface area contributed by atoms with Crippen LogP contribution in [0.15, 0.2) is 15.9 Å². The fraction of sp³-hybridized carbons (Fsp3) is 0.667. The molecule has 0 saturated carbocycles. The lowest BCUT2D eigenvalue weighted by Crippen LogP contribution is -2.51. The Bertz CT molecular complexity index is 497. The monoisotopic (exact) mass is 387 g/mol. The molecule has 1 aromatic heterocycles. The van der Waals surface area contributed by atoms with Crippen LogP contribution in [0.5, 0.6) is 0 Å². The molecule has 0 N–H and O–H groups in total. The minimum Gasteiger partial charge on any atom is -0.378 e. The van der Waals surface area contributed by atoms with Gasteiger partial charge in [-0.05, 0) is 28.1 Å². The molecular weight excluding hydrogens is 366 g/mol. The van der Waals surface area contributed by atoms with E-state index in [1.807, 2.05) is 4.90 Å². The zero-order valence-electron chi connectivity index (χ0n) is 12.7. The molecule has 3 rings (SSSR count). The topological polar surface area (TPSA) is 36.0 Å². The summed E-state index contributed by atoms with van der Waals surface area (Å²) in [5.41, 5.74) is 0. The van der Waals surface area contributed by atoms with E-state index >= 15 is 0 Å². The van der Waals surface area contributed by atoms with E-state index < -0.39 is 0 Å². The van der Waals surface area contributed by atoms with E-state index in [0.29, 0.717) is 19.8 Å². The maximum absolute atomic E-state index is 12.3. The number of morpholine rings is 1. The molecule has 2 aliphatic rings. The van der Waals surface area contributed by atoms with E-state index in [1.54, 1.807) is 11.3 Å². The number of carbonyl (C=O) groups is 1. The Hall–Kier alpha value is -0.470. The van der Waals surface area contributed by atoms with E-state index in [1.165, 1.54) is 8.66 Å². The Morgan fingerprint density at radius 3 is 2.41 bits per heavy atom. The van der Waals surface area contributed by atoms with Crippen LogP contribution in [-0.4, -0.2) is 79.6 Å². The van der Waals surface area contributed by atoms with Gasteiger partial charge < -0.3 is 9.64 Å². The molecule has 0 spiro atoms. The summed E-state index contributed by atoms with van der Waals surface area (Å²) in [4.78, 5) is 20.3. The number of ether oxygens (including phenoxy) is 1. The third kappa shape index (κ3) is 4.52. The van der Waals surface area contributed by atoms with E-state index in [2.05, 4.69) is 37.9 Å². The molecule has 0 unspecified atom stereocenters. The van der Waals surface area contributed by atoms with Crippen molar-refractivity contribution >= 4 is 33.2 Å². The molecule has 2 aliphatic heterocycles. The Morgan fingerprint density at radius 2 is 1.77 bits per heavy atom. The Labute approximate surface area is 143 Å². The van der Waals surface area contributed by atoms with Gasteiger partial charge in [0.25, 0.3) is 0 Å². The van der Waals surface area contributed by atoms with Crippen LogP contribution in [0.4, 0.5) is 0 Å². The molecule has 0 radical (unpaired) electrons. The highest BCUT2D eigenvalue weighted by molar-refractivity contribution is 9.11. The molecule has 0 aromatic carbocycles. The highest BCUT2D eigenvalue weighted by Gasteiger charge is 2.23. The molecule has 3 heterocycles. The number of carbonyl (C=O) groups excluding carboxylic acids is 1. The molecule has 1 amide bonds. The number of amides is 1. The van der Waals surface area contributed by atoms with Crippen molar-refractivity contribution in [2.24, 2.45) is 0 Å². The summed E-state index contributed by atoms with van der Waals surface area (Å²) in [6.07, 6.45) is 0. The van der Waals surface area contributed by atoms with E-state index in [0.717, 1.165) is 45.8 Å². The zero-order chi connectivity index (χ0) is 15.4. The minimum absolute atomic E-state index is 0.249. The van der Waals surface area contributed by atoms with Gasteiger partial charge in [0.15, 0.2) is 0 Å². The fourth-order valence-electron chi connectivity index (χ4n) is 2.87. The molecule has 1 aromatic rings. The lowest BCUT2D eigenvalue weighted by Gasteiger charge is -2.35. The SMILES string of the molecule is O=C(CN1CCN(Cc2ccc(Br)s2)CC1)N1CCOCC1. The zero-order valence-corrected chi connectivity index (χ0v) is 15.1. The van der Waals surface area contributed by atoms with Crippen molar-refractivity contribution in [3.05, 3.63) is 20.8 Å². The van der Waals surface area contributed by atoms with E-state index in [-0.39, 0.29) is 5.91 Å². The normalized spacial score (nSPS) is 21.2. The molecule has 22 heavy (non-hydrogen) atoms. The second-order valence-electron chi connectivity index (χ2n) is 5.75. The van der Waals surface area contributed by atoms with Crippen LogP contribution in [0.25, 0.3) is 0 Å². The molecule has 122 valence electrons. The highest BCUT2D eigenvalue weighted by Crippen LogP contribution is 2.23. The molecule has 7 heteroatoms. The van der Waals surface area contributed by atoms with Gasteiger partial charge in [-0.1, -0.05) is 0 Å². The first-order chi connectivity index (χ1) is 10.7. The highest BCUT2D eigenvalue weighted by atomic mass is 79.9. The van der Waals surface area contributed by atoms with Crippen molar-refractivity contribution in [3.63, 3.8) is 0 Å². The molecule has 5 nitrogen and oxygen atoms in total. The Morgan fingerprint density at radius 1 is 1.09 bits per heavy atom. The van der Waals surface area contributed by atoms with Crippen molar-refractivity contribution in [2.45, 2.75) is 6.54 Å². The number of hydrogen-bond acceptors (Lipinski definition) is 5. The van der Waals surface area contributed by atoms with Gasteiger partial charge in [-0.2, -0.15) is 0 Å². The van der Waals surface area contributed by atoms with E-state index in [9.17, 15) is 4.79 Å². The predicted molar refractivity (Wildman–Crippen MR) is 91.1 cm³/mol. The summed E-state index contributed by atoms with van der Waals surface area (Å²) in [6.45, 7) is 8.42. The van der Waals surface area contributed by atoms with Crippen molar-refractivity contribution in [1.29, 1.82) is 0 Å². The molecule has 2 fully saturated rings. The summed E-state index contributed by atoms with van der Waals surface area (Å²) in [7, 11) is 0.